The Kier molecular flexibility index (Phi) is 5.75. The number of hydrogen-bond donors (Lipinski definition) is 3. The molecule has 0 radical (unpaired) electrons. The lowest BCUT2D eigenvalue weighted by Gasteiger charge is -2.25. The highest BCUT2D eigenvalue weighted by molar-refractivity contribution is 8.00. The van der Waals surface area contributed by atoms with Gasteiger partial charge in [-0.05, 0) is 18.4 Å². The first kappa shape index (κ1) is 17.5. The van der Waals surface area contributed by atoms with Gasteiger partial charge in [-0.15, -0.1) is 0 Å². The van der Waals surface area contributed by atoms with E-state index in [0.29, 0.717) is 16.8 Å². The first-order chi connectivity index (χ1) is 12.1. The number of rotatable bonds is 5. The van der Waals surface area contributed by atoms with Gasteiger partial charge in [-0.25, -0.2) is 9.97 Å². The van der Waals surface area contributed by atoms with E-state index in [9.17, 15) is 4.79 Å². The van der Waals surface area contributed by atoms with Gasteiger partial charge in [0.1, 0.15) is 16.9 Å². The molecular formula is C18H23N5OS. The third kappa shape index (κ3) is 4.85. The van der Waals surface area contributed by atoms with Gasteiger partial charge < -0.3 is 16.8 Å². The van der Waals surface area contributed by atoms with Gasteiger partial charge >= 0.3 is 0 Å². The molecule has 0 aliphatic heterocycles. The van der Waals surface area contributed by atoms with Crippen LogP contribution in [-0.2, 0) is 4.79 Å². The minimum Gasteiger partial charge on any atom is -0.383 e. The van der Waals surface area contributed by atoms with Gasteiger partial charge in [0, 0.05) is 12.1 Å². The lowest BCUT2D eigenvalue weighted by atomic mass is 9.95. The van der Waals surface area contributed by atoms with E-state index in [0.717, 1.165) is 18.4 Å². The number of nitrogens with two attached hydrogens (primary N) is 2. The zero-order chi connectivity index (χ0) is 17.6. The van der Waals surface area contributed by atoms with Crippen molar-refractivity contribution in [1.29, 1.82) is 0 Å². The Morgan fingerprint density at radius 2 is 1.72 bits per heavy atom. The monoisotopic (exact) mass is 357 g/mol. The number of benzene rings is 1. The van der Waals surface area contributed by atoms with Gasteiger partial charge in [0.25, 0.3) is 0 Å². The molecule has 1 atom stereocenters. The molecule has 1 saturated carbocycles. The molecule has 1 amide bonds. The topological polar surface area (TPSA) is 107 Å². The number of aromatic nitrogens is 2. The standard InChI is InChI=1S/C18H23N5OS/c19-14-11-15(20)23-18(22-14)25-16(12-7-3-1-4-8-12)17(24)21-13-9-5-2-6-10-13/h1,3-4,7-8,11,13,16H,2,5-6,9-10H2,(H,21,24)(H4,19,20,22,23). The fourth-order valence-corrected chi connectivity index (χ4v) is 4.04. The summed E-state index contributed by atoms with van der Waals surface area (Å²) in [5, 5.41) is 3.16. The van der Waals surface area contributed by atoms with Crippen LogP contribution in [0.1, 0.15) is 42.9 Å². The lowest BCUT2D eigenvalue weighted by molar-refractivity contribution is -0.121. The SMILES string of the molecule is Nc1cc(N)nc(SC(C(=O)NC2CCCCC2)c2ccccc2)n1. The van der Waals surface area contributed by atoms with E-state index in [1.54, 1.807) is 0 Å². The van der Waals surface area contributed by atoms with Crippen molar-refractivity contribution in [2.24, 2.45) is 0 Å². The van der Waals surface area contributed by atoms with Crippen LogP contribution in [0.5, 0.6) is 0 Å². The summed E-state index contributed by atoms with van der Waals surface area (Å²) in [6.45, 7) is 0. The highest BCUT2D eigenvalue weighted by Gasteiger charge is 2.26. The molecule has 1 fully saturated rings. The first-order valence-electron chi connectivity index (χ1n) is 8.54. The third-order valence-electron chi connectivity index (χ3n) is 4.26. The Morgan fingerprint density at radius 1 is 1.08 bits per heavy atom. The number of anilines is 2. The summed E-state index contributed by atoms with van der Waals surface area (Å²) in [5.74, 6) is 0.580. The highest BCUT2D eigenvalue weighted by atomic mass is 32.2. The second-order valence-electron chi connectivity index (χ2n) is 6.25. The summed E-state index contributed by atoms with van der Waals surface area (Å²) in [6.07, 6.45) is 5.67. The molecule has 1 heterocycles. The molecule has 7 heteroatoms. The lowest BCUT2D eigenvalue weighted by Crippen LogP contribution is -2.38. The number of nitrogen functional groups attached to an aromatic ring is 2. The fourth-order valence-electron chi connectivity index (χ4n) is 3.04. The number of carbonyl (C=O) groups excluding carboxylic acids is 1. The molecule has 1 aromatic heterocycles. The molecule has 5 N–H and O–H groups in total. The zero-order valence-corrected chi connectivity index (χ0v) is 14.8. The van der Waals surface area contributed by atoms with Crippen molar-refractivity contribution in [1.82, 2.24) is 15.3 Å². The predicted molar refractivity (Wildman–Crippen MR) is 101 cm³/mol. The van der Waals surface area contributed by atoms with Crippen molar-refractivity contribution in [2.75, 3.05) is 11.5 Å². The molecular weight excluding hydrogens is 334 g/mol. The largest absolute Gasteiger partial charge is 0.383 e. The van der Waals surface area contributed by atoms with Crippen LogP contribution in [0.25, 0.3) is 0 Å². The zero-order valence-electron chi connectivity index (χ0n) is 14.0. The van der Waals surface area contributed by atoms with Crippen molar-refractivity contribution >= 4 is 29.3 Å². The maximum atomic E-state index is 12.9. The molecule has 2 aromatic rings. The molecule has 132 valence electrons. The van der Waals surface area contributed by atoms with Crippen LogP contribution < -0.4 is 16.8 Å². The van der Waals surface area contributed by atoms with E-state index in [1.807, 2.05) is 30.3 Å². The van der Waals surface area contributed by atoms with E-state index in [-0.39, 0.29) is 11.9 Å². The number of carbonyl (C=O) groups is 1. The van der Waals surface area contributed by atoms with Gasteiger partial charge in [0.15, 0.2) is 5.16 Å². The maximum Gasteiger partial charge on any atom is 0.238 e. The van der Waals surface area contributed by atoms with Crippen LogP contribution in [0.2, 0.25) is 0 Å². The minimum atomic E-state index is -0.440. The Bertz CT molecular complexity index is 698. The molecule has 0 bridgehead atoms. The summed E-state index contributed by atoms with van der Waals surface area (Å²) in [5.41, 5.74) is 12.4. The van der Waals surface area contributed by atoms with E-state index in [4.69, 9.17) is 11.5 Å². The second kappa shape index (κ2) is 8.20. The van der Waals surface area contributed by atoms with Crippen molar-refractivity contribution in [2.45, 2.75) is 48.6 Å². The summed E-state index contributed by atoms with van der Waals surface area (Å²) < 4.78 is 0. The minimum absolute atomic E-state index is 0.0207. The predicted octanol–water partition coefficient (Wildman–Crippen LogP) is 2.92. The van der Waals surface area contributed by atoms with Gasteiger partial charge in [-0.3, -0.25) is 4.79 Å². The van der Waals surface area contributed by atoms with Crippen LogP contribution >= 0.6 is 11.8 Å². The van der Waals surface area contributed by atoms with Gasteiger partial charge in [0.05, 0.1) is 0 Å². The maximum absolute atomic E-state index is 12.9. The Hall–Kier alpha value is -2.28. The Balaban J connectivity index is 1.80. The summed E-state index contributed by atoms with van der Waals surface area (Å²) in [4.78, 5) is 21.3. The summed E-state index contributed by atoms with van der Waals surface area (Å²) >= 11 is 1.27. The Morgan fingerprint density at radius 3 is 2.36 bits per heavy atom. The molecule has 1 aliphatic rings. The quantitative estimate of drug-likeness (QED) is 0.561. The molecule has 6 nitrogen and oxygen atoms in total. The van der Waals surface area contributed by atoms with Crippen LogP contribution in [0.4, 0.5) is 11.6 Å². The number of nitrogens with zero attached hydrogens (tertiary/aromatic N) is 2. The summed E-state index contributed by atoms with van der Waals surface area (Å²) in [6, 6.07) is 11.4. The van der Waals surface area contributed by atoms with Gasteiger partial charge in [-0.2, -0.15) is 0 Å². The van der Waals surface area contributed by atoms with Crippen molar-refractivity contribution in [3.63, 3.8) is 0 Å². The molecule has 1 aliphatic carbocycles. The molecule has 0 spiro atoms. The molecule has 25 heavy (non-hydrogen) atoms. The molecule has 0 saturated heterocycles. The number of nitrogens with one attached hydrogen (secondary N) is 1. The second-order valence-corrected chi connectivity index (χ2v) is 7.32. The number of thioether (sulfide) groups is 1. The average Bonchev–Trinajstić information content (AvgIpc) is 2.60. The number of amides is 1. The molecule has 1 unspecified atom stereocenters. The van der Waals surface area contributed by atoms with Crippen LogP contribution in [0, 0.1) is 0 Å². The third-order valence-corrected chi connectivity index (χ3v) is 5.38. The number of hydrogen-bond acceptors (Lipinski definition) is 6. The smallest absolute Gasteiger partial charge is 0.238 e. The summed E-state index contributed by atoms with van der Waals surface area (Å²) in [7, 11) is 0. The normalized spacial score (nSPS) is 16.3. The average molecular weight is 357 g/mol. The first-order valence-corrected chi connectivity index (χ1v) is 9.42. The van der Waals surface area contributed by atoms with Crippen molar-refractivity contribution in [3.8, 4) is 0 Å². The van der Waals surface area contributed by atoms with E-state index in [2.05, 4.69) is 15.3 Å². The van der Waals surface area contributed by atoms with Crippen molar-refractivity contribution in [3.05, 3.63) is 42.0 Å². The van der Waals surface area contributed by atoms with E-state index in [1.165, 1.54) is 37.1 Å². The van der Waals surface area contributed by atoms with Crippen LogP contribution in [0.3, 0.4) is 0 Å². The van der Waals surface area contributed by atoms with E-state index < -0.39 is 5.25 Å². The van der Waals surface area contributed by atoms with Crippen LogP contribution in [0.15, 0.2) is 41.6 Å². The fraction of sp³-hybridized carbons (Fsp3) is 0.389. The van der Waals surface area contributed by atoms with Gasteiger partial charge in [-0.1, -0.05) is 61.4 Å². The molecule has 1 aromatic carbocycles. The van der Waals surface area contributed by atoms with Gasteiger partial charge in [0.2, 0.25) is 5.91 Å². The van der Waals surface area contributed by atoms with Crippen LogP contribution in [-0.4, -0.2) is 21.9 Å². The highest BCUT2D eigenvalue weighted by Crippen LogP contribution is 2.34. The van der Waals surface area contributed by atoms with E-state index >= 15 is 0 Å². The van der Waals surface area contributed by atoms with Crippen molar-refractivity contribution < 1.29 is 4.79 Å². The molecule has 3 rings (SSSR count). The Labute approximate surface area is 151 Å².